The van der Waals surface area contributed by atoms with E-state index in [-0.39, 0.29) is 17.8 Å². The normalized spacial score (nSPS) is 14.7. The molecule has 0 unspecified atom stereocenters. The van der Waals surface area contributed by atoms with Gasteiger partial charge in [-0.3, -0.25) is 4.79 Å². The standard InChI is InChI=1S/C22H26N4O4S/c1-4-29-22(28)18-13(2)17-19(24-14(3)25-21(17)31-18)26-9-7-15(8-10-26)20(27)23-12-16-6-5-11-30-16/h5-6,11,15H,4,7-10,12H2,1-3H3,(H,23,27). The number of rotatable bonds is 6. The van der Waals surface area contributed by atoms with Gasteiger partial charge in [0.2, 0.25) is 5.91 Å². The Hall–Kier alpha value is -2.94. The molecule has 1 aliphatic rings. The van der Waals surface area contributed by atoms with Crippen molar-refractivity contribution in [3.8, 4) is 0 Å². The van der Waals surface area contributed by atoms with Gasteiger partial charge in [0, 0.05) is 19.0 Å². The lowest BCUT2D eigenvalue weighted by molar-refractivity contribution is -0.125. The summed E-state index contributed by atoms with van der Waals surface area (Å²) in [5, 5.41) is 3.86. The van der Waals surface area contributed by atoms with E-state index in [1.54, 1.807) is 13.2 Å². The van der Waals surface area contributed by atoms with E-state index in [1.807, 2.05) is 26.0 Å². The summed E-state index contributed by atoms with van der Waals surface area (Å²) in [6.45, 7) is 7.74. The molecule has 164 valence electrons. The molecule has 0 radical (unpaired) electrons. The molecule has 1 fully saturated rings. The number of aromatic nitrogens is 2. The fourth-order valence-electron chi connectivity index (χ4n) is 3.93. The summed E-state index contributed by atoms with van der Waals surface area (Å²) in [4.78, 5) is 37.7. The topological polar surface area (TPSA) is 97.6 Å². The van der Waals surface area contributed by atoms with Crippen molar-refractivity contribution in [2.45, 2.75) is 40.2 Å². The largest absolute Gasteiger partial charge is 0.467 e. The van der Waals surface area contributed by atoms with E-state index in [2.05, 4.69) is 15.2 Å². The Kier molecular flexibility index (Phi) is 6.22. The zero-order chi connectivity index (χ0) is 22.0. The van der Waals surface area contributed by atoms with E-state index in [0.717, 1.165) is 40.2 Å². The molecule has 1 aliphatic heterocycles. The zero-order valence-electron chi connectivity index (χ0n) is 17.9. The molecule has 3 aromatic rings. The van der Waals surface area contributed by atoms with Gasteiger partial charge in [0.05, 0.1) is 24.8 Å². The van der Waals surface area contributed by atoms with Crippen LogP contribution in [0.15, 0.2) is 22.8 Å². The summed E-state index contributed by atoms with van der Waals surface area (Å²) < 4.78 is 10.5. The molecule has 0 aliphatic carbocycles. The highest BCUT2D eigenvalue weighted by atomic mass is 32.1. The molecular weight excluding hydrogens is 416 g/mol. The molecule has 0 aromatic carbocycles. The van der Waals surface area contributed by atoms with Gasteiger partial charge in [0.25, 0.3) is 0 Å². The maximum absolute atomic E-state index is 12.6. The van der Waals surface area contributed by atoms with Crippen molar-refractivity contribution in [3.05, 3.63) is 40.4 Å². The maximum atomic E-state index is 12.6. The molecule has 1 saturated heterocycles. The van der Waals surface area contributed by atoms with Crippen molar-refractivity contribution >= 4 is 39.2 Å². The number of hydrogen-bond acceptors (Lipinski definition) is 8. The monoisotopic (exact) mass is 442 g/mol. The molecule has 31 heavy (non-hydrogen) atoms. The minimum atomic E-state index is -0.321. The number of amides is 1. The highest BCUT2D eigenvalue weighted by Crippen LogP contribution is 2.37. The fourth-order valence-corrected chi connectivity index (χ4v) is 5.04. The third kappa shape index (κ3) is 4.41. The van der Waals surface area contributed by atoms with Crippen molar-refractivity contribution in [1.29, 1.82) is 0 Å². The lowest BCUT2D eigenvalue weighted by Crippen LogP contribution is -2.40. The van der Waals surface area contributed by atoms with Crippen LogP contribution in [0.1, 0.15) is 46.6 Å². The van der Waals surface area contributed by atoms with Crippen LogP contribution in [-0.2, 0) is 16.1 Å². The van der Waals surface area contributed by atoms with Crippen molar-refractivity contribution in [2.75, 3.05) is 24.6 Å². The van der Waals surface area contributed by atoms with Crippen LogP contribution in [0.25, 0.3) is 10.2 Å². The minimum Gasteiger partial charge on any atom is -0.467 e. The van der Waals surface area contributed by atoms with Crippen LogP contribution in [-0.4, -0.2) is 41.5 Å². The predicted octanol–water partition coefficient (Wildman–Crippen LogP) is 3.61. The molecule has 0 saturated carbocycles. The second-order valence-electron chi connectivity index (χ2n) is 7.61. The van der Waals surface area contributed by atoms with Crippen LogP contribution in [0, 0.1) is 19.8 Å². The Morgan fingerprint density at radius 1 is 1.29 bits per heavy atom. The average molecular weight is 443 g/mol. The molecule has 0 atom stereocenters. The van der Waals surface area contributed by atoms with Crippen LogP contribution in [0.4, 0.5) is 5.82 Å². The van der Waals surface area contributed by atoms with Crippen molar-refractivity contribution in [2.24, 2.45) is 5.92 Å². The fraction of sp³-hybridized carbons (Fsp3) is 0.455. The number of carbonyl (C=O) groups is 2. The smallest absolute Gasteiger partial charge is 0.348 e. The third-order valence-electron chi connectivity index (χ3n) is 5.53. The Morgan fingerprint density at radius 2 is 2.06 bits per heavy atom. The van der Waals surface area contributed by atoms with Crippen LogP contribution in [0.5, 0.6) is 0 Å². The van der Waals surface area contributed by atoms with Crippen molar-refractivity contribution < 1.29 is 18.7 Å². The summed E-state index contributed by atoms with van der Waals surface area (Å²) in [5.41, 5.74) is 0.853. The predicted molar refractivity (Wildman–Crippen MR) is 118 cm³/mol. The van der Waals surface area contributed by atoms with Gasteiger partial charge in [-0.05, 0) is 51.3 Å². The number of furan rings is 1. The molecule has 4 rings (SSSR count). The van der Waals surface area contributed by atoms with E-state index in [1.165, 1.54) is 11.3 Å². The molecule has 0 spiro atoms. The van der Waals surface area contributed by atoms with E-state index < -0.39 is 0 Å². The number of hydrogen-bond donors (Lipinski definition) is 1. The van der Waals surface area contributed by atoms with E-state index in [4.69, 9.17) is 14.1 Å². The van der Waals surface area contributed by atoms with Crippen LogP contribution in [0.3, 0.4) is 0 Å². The van der Waals surface area contributed by atoms with Gasteiger partial charge in [0.1, 0.15) is 27.1 Å². The van der Waals surface area contributed by atoms with Gasteiger partial charge < -0.3 is 19.4 Å². The van der Waals surface area contributed by atoms with E-state index in [9.17, 15) is 9.59 Å². The Bertz CT molecular complexity index is 1080. The highest BCUT2D eigenvalue weighted by molar-refractivity contribution is 7.20. The Morgan fingerprint density at radius 3 is 2.74 bits per heavy atom. The first kappa shape index (κ1) is 21.3. The zero-order valence-corrected chi connectivity index (χ0v) is 18.8. The summed E-state index contributed by atoms with van der Waals surface area (Å²) in [6.07, 6.45) is 3.08. The van der Waals surface area contributed by atoms with Crippen LogP contribution >= 0.6 is 11.3 Å². The minimum absolute atomic E-state index is 0.0386. The van der Waals surface area contributed by atoms with E-state index >= 15 is 0 Å². The van der Waals surface area contributed by atoms with Gasteiger partial charge >= 0.3 is 5.97 Å². The van der Waals surface area contributed by atoms with Crippen molar-refractivity contribution in [1.82, 2.24) is 15.3 Å². The van der Waals surface area contributed by atoms with E-state index in [0.29, 0.717) is 36.9 Å². The number of thiophene rings is 1. The Labute approximate surface area is 184 Å². The molecule has 1 N–H and O–H groups in total. The molecule has 4 heterocycles. The van der Waals surface area contributed by atoms with Gasteiger partial charge in [0.15, 0.2) is 0 Å². The van der Waals surface area contributed by atoms with Gasteiger partial charge in [-0.2, -0.15) is 0 Å². The first-order valence-corrected chi connectivity index (χ1v) is 11.3. The molecular formula is C22H26N4O4S. The number of anilines is 1. The molecule has 3 aromatic heterocycles. The molecule has 8 nitrogen and oxygen atoms in total. The SMILES string of the molecule is CCOC(=O)c1sc2nc(C)nc(N3CCC(C(=O)NCc4ccco4)CC3)c2c1C. The van der Waals surface area contributed by atoms with Gasteiger partial charge in [-0.1, -0.05) is 0 Å². The second kappa shape index (κ2) is 9.05. The summed E-state index contributed by atoms with van der Waals surface area (Å²) in [7, 11) is 0. The number of aryl methyl sites for hydroxylation is 2. The summed E-state index contributed by atoms with van der Waals surface area (Å²) in [5.74, 6) is 1.94. The quantitative estimate of drug-likeness (QED) is 0.582. The average Bonchev–Trinajstić information content (AvgIpc) is 3.40. The maximum Gasteiger partial charge on any atom is 0.348 e. The molecule has 0 bridgehead atoms. The lowest BCUT2D eigenvalue weighted by atomic mass is 9.95. The van der Waals surface area contributed by atoms with Gasteiger partial charge in [-0.25, -0.2) is 14.8 Å². The number of ether oxygens (including phenoxy) is 1. The number of fused-ring (bicyclic) bond motifs is 1. The van der Waals surface area contributed by atoms with Crippen LogP contribution in [0.2, 0.25) is 0 Å². The first-order chi connectivity index (χ1) is 15.0. The van der Waals surface area contributed by atoms with Crippen LogP contribution < -0.4 is 10.2 Å². The molecule has 9 heteroatoms. The summed E-state index contributed by atoms with van der Waals surface area (Å²) in [6, 6.07) is 3.66. The second-order valence-corrected chi connectivity index (χ2v) is 8.61. The van der Waals surface area contributed by atoms with Crippen molar-refractivity contribution in [3.63, 3.8) is 0 Å². The van der Waals surface area contributed by atoms with Gasteiger partial charge in [-0.15, -0.1) is 11.3 Å². The number of nitrogens with zero attached hydrogens (tertiary/aromatic N) is 3. The number of esters is 1. The highest BCUT2D eigenvalue weighted by Gasteiger charge is 2.29. The Balaban J connectivity index is 1.49. The number of nitrogens with one attached hydrogen (secondary N) is 1. The third-order valence-corrected chi connectivity index (χ3v) is 6.69. The lowest BCUT2D eigenvalue weighted by Gasteiger charge is -2.32. The molecule has 1 amide bonds. The summed E-state index contributed by atoms with van der Waals surface area (Å²) >= 11 is 1.35. The first-order valence-electron chi connectivity index (χ1n) is 10.5. The number of carbonyl (C=O) groups excluding carboxylic acids is 2. The number of piperidine rings is 1.